The summed E-state index contributed by atoms with van der Waals surface area (Å²) in [6.07, 6.45) is -7.23. The zero-order chi connectivity index (χ0) is 33.2. The van der Waals surface area contributed by atoms with Crippen LogP contribution >= 0.6 is 0 Å². The molecule has 1 aliphatic rings. The molecule has 0 bridgehead atoms. The molecule has 0 spiro atoms. The molecule has 0 aliphatic carbocycles. The molecule has 46 heavy (non-hydrogen) atoms. The van der Waals surface area contributed by atoms with Crippen LogP contribution in [0.2, 0.25) is 0 Å². The minimum absolute atomic E-state index is 0.0631. The lowest BCUT2D eigenvalue weighted by atomic mass is 10.0. The highest BCUT2D eigenvalue weighted by molar-refractivity contribution is 5.77. The molecule has 0 N–H and O–H groups in total. The molecule has 0 saturated carbocycles. The van der Waals surface area contributed by atoms with Gasteiger partial charge in [-0.2, -0.15) is 26.3 Å². The number of esters is 1. The van der Waals surface area contributed by atoms with E-state index in [1.54, 1.807) is 19.1 Å². The van der Waals surface area contributed by atoms with E-state index in [2.05, 4.69) is 9.80 Å². The normalized spacial score (nSPS) is 15.9. The van der Waals surface area contributed by atoms with Crippen molar-refractivity contribution in [3.05, 3.63) is 118 Å². The van der Waals surface area contributed by atoms with Gasteiger partial charge in [-0.05, 0) is 67.4 Å². The molecular weight excluding hydrogens is 614 g/mol. The van der Waals surface area contributed by atoms with Crippen LogP contribution in [-0.4, -0.2) is 52.8 Å². The zero-order valence-electron chi connectivity index (χ0n) is 25.1. The molecular formula is C33H32F6N4O3. The van der Waals surface area contributed by atoms with Crippen LogP contribution in [0.4, 0.5) is 32.0 Å². The molecule has 1 aliphatic heterocycles. The third-order valence-corrected chi connectivity index (χ3v) is 8.11. The van der Waals surface area contributed by atoms with E-state index < -0.39 is 41.3 Å². The Morgan fingerprint density at radius 3 is 1.89 bits per heavy atom. The van der Waals surface area contributed by atoms with Gasteiger partial charge in [0, 0.05) is 44.3 Å². The molecule has 2 heterocycles. The lowest BCUT2D eigenvalue weighted by molar-refractivity contribution is -0.150. The van der Waals surface area contributed by atoms with Crippen LogP contribution in [0.1, 0.15) is 48.2 Å². The Kier molecular flexibility index (Phi) is 9.34. The lowest BCUT2D eigenvalue weighted by Gasteiger charge is -2.39. The van der Waals surface area contributed by atoms with E-state index in [4.69, 9.17) is 4.74 Å². The van der Waals surface area contributed by atoms with E-state index in [0.29, 0.717) is 44.0 Å². The summed E-state index contributed by atoms with van der Waals surface area (Å²) in [5.74, 6) is -0.299. The molecule has 0 amide bonds. The third kappa shape index (κ3) is 6.99. The van der Waals surface area contributed by atoms with Gasteiger partial charge in [0.25, 0.3) is 0 Å². The van der Waals surface area contributed by atoms with Crippen molar-refractivity contribution in [1.29, 1.82) is 0 Å². The van der Waals surface area contributed by atoms with Crippen molar-refractivity contribution in [3.63, 3.8) is 0 Å². The fraction of sp³-hybridized carbons (Fsp3) is 0.333. The van der Waals surface area contributed by atoms with Gasteiger partial charge in [-0.25, -0.2) is 9.59 Å². The number of ether oxygens (including phenoxy) is 1. The van der Waals surface area contributed by atoms with Crippen molar-refractivity contribution in [2.75, 3.05) is 37.7 Å². The van der Waals surface area contributed by atoms with Gasteiger partial charge >= 0.3 is 24.0 Å². The van der Waals surface area contributed by atoms with Crippen molar-refractivity contribution in [2.24, 2.45) is 0 Å². The highest BCUT2D eigenvalue weighted by Gasteiger charge is 2.37. The van der Waals surface area contributed by atoms with E-state index in [1.165, 1.54) is 23.9 Å². The van der Waals surface area contributed by atoms with Crippen molar-refractivity contribution >= 4 is 11.7 Å². The predicted octanol–water partition coefficient (Wildman–Crippen LogP) is 6.71. The number of imidazole rings is 1. The second-order valence-electron chi connectivity index (χ2n) is 11.0. The Bertz CT molecular complexity index is 1670. The monoisotopic (exact) mass is 646 g/mol. The molecule has 1 fully saturated rings. The number of alkyl halides is 6. The number of carbonyl (C=O) groups is 1. The van der Waals surface area contributed by atoms with Gasteiger partial charge in [-0.3, -0.25) is 14.0 Å². The van der Waals surface area contributed by atoms with Crippen molar-refractivity contribution in [3.8, 4) is 5.69 Å². The second-order valence-corrected chi connectivity index (χ2v) is 11.0. The number of nitrogens with zero attached hydrogens (tertiary/aromatic N) is 4. The Morgan fingerprint density at radius 1 is 0.783 bits per heavy atom. The number of hydrogen-bond donors (Lipinski definition) is 0. The number of aromatic nitrogens is 2. The Labute approximate surface area is 261 Å². The molecule has 5 rings (SSSR count). The number of carbonyl (C=O) groups excluding carboxylic acids is 1. The Hall–Kier alpha value is -4.52. The van der Waals surface area contributed by atoms with Gasteiger partial charge in [0.1, 0.15) is 6.04 Å². The summed E-state index contributed by atoms with van der Waals surface area (Å²) in [4.78, 5) is 30.3. The van der Waals surface area contributed by atoms with Crippen LogP contribution in [-0.2, 0) is 21.9 Å². The van der Waals surface area contributed by atoms with E-state index in [1.807, 2.05) is 42.5 Å². The maximum absolute atomic E-state index is 13.4. The van der Waals surface area contributed by atoms with Crippen LogP contribution in [0.5, 0.6) is 0 Å². The number of hydrogen-bond acceptors (Lipinski definition) is 5. The lowest BCUT2D eigenvalue weighted by Crippen LogP contribution is -2.49. The highest BCUT2D eigenvalue weighted by atomic mass is 19.4. The largest absolute Gasteiger partial charge is 0.465 e. The molecule has 13 heteroatoms. The van der Waals surface area contributed by atoms with Crippen LogP contribution in [0.3, 0.4) is 0 Å². The molecule has 1 unspecified atom stereocenters. The fourth-order valence-corrected chi connectivity index (χ4v) is 5.68. The van der Waals surface area contributed by atoms with E-state index >= 15 is 0 Å². The van der Waals surface area contributed by atoms with Crippen LogP contribution in [0, 0.1) is 0 Å². The zero-order valence-corrected chi connectivity index (χ0v) is 25.1. The van der Waals surface area contributed by atoms with Crippen LogP contribution < -0.4 is 10.6 Å². The average molecular weight is 647 g/mol. The minimum atomic E-state index is -4.99. The number of piperazine rings is 1. The minimum Gasteiger partial charge on any atom is -0.465 e. The van der Waals surface area contributed by atoms with Crippen molar-refractivity contribution in [1.82, 2.24) is 14.0 Å². The standard InChI is InChI=1S/C33H32F6N4O3/c1-3-46-30(44)29(23-7-5-4-6-8-23)41-15-13-40(14-16-41)27-9-11-28(12-10-27)43-18-17-42(31(43)45)22(2)24-19-25(32(34,35)36)21-26(20-24)33(37,38)39/h4-12,17-22,29H,3,13-16H2,1-2H3/t22-,29?/m0/s1. The Morgan fingerprint density at radius 2 is 1.35 bits per heavy atom. The highest BCUT2D eigenvalue weighted by Crippen LogP contribution is 2.38. The molecule has 0 radical (unpaired) electrons. The number of halogens is 6. The molecule has 4 aromatic rings. The topological polar surface area (TPSA) is 59.7 Å². The predicted molar refractivity (Wildman–Crippen MR) is 160 cm³/mol. The first kappa shape index (κ1) is 32.9. The molecule has 7 nitrogen and oxygen atoms in total. The summed E-state index contributed by atoms with van der Waals surface area (Å²) in [5.41, 5.74) is -1.57. The van der Waals surface area contributed by atoms with Crippen LogP contribution in [0.25, 0.3) is 5.69 Å². The second kappa shape index (κ2) is 13.1. The number of benzene rings is 3. The maximum atomic E-state index is 13.4. The summed E-state index contributed by atoms with van der Waals surface area (Å²) in [5, 5.41) is 0. The summed E-state index contributed by atoms with van der Waals surface area (Å²) >= 11 is 0. The summed E-state index contributed by atoms with van der Waals surface area (Å²) < 4.78 is 88.1. The van der Waals surface area contributed by atoms with Gasteiger partial charge in [0.15, 0.2) is 0 Å². The molecule has 1 saturated heterocycles. The van der Waals surface area contributed by atoms with Gasteiger partial charge in [-0.1, -0.05) is 30.3 Å². The molecule has 244 valence electrons. The quantitative estimate of drug-likeness (QED) is 0.157. The Balaban J connectivity index is 1.31. The van der Waals surface area contributed by atoms with E-state index in [9.17, 15) is 35.9 Å². The molecule has 3 aromatic carbocycles. The first-order chi connectivity index (χ1) is 21.8. The molecule has 1 aromatic heterocycles. The first-order valence-corrected chi connectivity index (χ1v) is 14.7. The maximum Gasteiger partial charge on any atom is 0.416 e. The van der Waals surface area contributed by atoms with Gasteiger partial charge in [0.05, 0.1) is 29.5 Å². The number of anilines is 1. The van der Waals surface area contributed by atoms with Gasteiger partial charge in [-0.15, -0.1) is 0 Å². The van der Waals surface area contributed by atoms with E-state index in [0.717, 1.165) is 15.8 Å². The summed E-state index contributed by atoms with van der Waals surface area (Å²) in [6.45, 7) is 5.89. The fourth-order valence-electron chi connectivity index (χ4n) is 5.68. The van der Waals surface area contributed by atoms with Crippen molar-refractivity contribution < 1.29 is 35.9 Å². The van der Waals surface area contributed by atoms with Crippen molar-refractivity contribution in [2.45, 2.75) is 38.3 Å². The number of rotatable bonds is 8. The van der Waals surface area contributed by atoms with E-state index in [-0.39, 0.29) is 24.2 Å². The van der Waals surface area contributed by atoms with Gasteiger partial charge in [0.2, 0.25) is 0 Å². The summed E-state index contributed by atoms with van der Waals surface area (Å²) in [6, 6.07) is 16.3. The SMILES string of the molecule is CCOC(=O)C(c1ccccc1)N1CCN(c2ccc(-n3ccn([C@@H](C)c4cc(C(F)(F)F)cc(C(F)(F)F)c4)c3=O)cc2)CC1. The summed E-state index contributed by atoms with van der Waals surface area (Å²) in [7, 11) is 0. The average Bonchev–Trinajstić information content (AvgIpc) is 3.42. The van der Waals surface area contributed by atoms with Gasteiger partial charge < -0.3 is 9.64 Å². The van der Waals surface area contributed by atoms with Crippen LogP contribution in [0.15, 0.2) is 90.0 Å². The third-order valence-electron chi connectivity index (χ3n) is 8.11. The smallest absolute Gasteiger partial charge is 0.416 e. The first-order valence-electron chi connectivity index (χ1n) is 14.7. The molecule has 2 atom stereocenters.